The number of hydrogen-bond acceptors (Lipinski definition) is 5. The minimum atomic E-state index is -0.337. The second-order valence-corrected chi connectivity index (χ2v) is 16.6. The van der Waals surface area contributed by atoms with Gasteiger partial charge in [-0.15, -0.1) is 40.5 Å². The molecule has 5 aromatic rings. The molecule has 3 heterocycles. The Morgan fingerprint density at radius 1 is 0.882 bits per heavy atom. The van der Waals surface area contributed by atoms with Crippen LogP contribution in [0.3, 0.4) is 0 Å². The van der Waals surface area contributed by atoms with Gasteiger partial charge in [0.15, 0.2) is 5.78 Å². The Kier molecular flexibility index (Phi) is 14.5. The van der Waals surface area contributed by atoms with Crippen LogP contribution in [0.1, 0.15) is 113 Å². The molecule has 0 aliphatic rings. The van der Waals surface area contributed by atoms with Crippen LogP contribution in [-0.2, 0) is 36.7 Å². The number of fused-ring (bicyclic) bond motifs is 2. The number of thiophene rings is 1. The summed E-state index contributed by atoms with van der Waals surface area (Å²) in [6.45, 7) is 23.4. The SMILES string of the molecule is CC(C)Cc1csc2cc(-c3ccnc(-c4[c-]c5ccccc5c(C(C)(C)C)c4)c3)cnc12.CCC(C)(CC)C(=O)/C=C(\O)C(C)(CC)CC.[Ir]. The average Bonchev–Trinajstić information content (AvgIpc) is 3.51. The zero-order chi connectivity index (χ0) is 36.9. The van der Waals surface area contributed by atoms with E-state index in [1.54, 1.807) is 11.3 Å². The van der Waals surface area contributed by atoms with E-state index in [1.807, 2.05) is 53.9 Å². The monoisotopic (exact) mass is 882 g/mol. The molecule has 3 aromatic heterocycles. The number of allylic oxidation sites excluding steroid dienone is 2. The van der Waals surface area contributed by atoms with Crippen molar-refractivity contribution in [2.75, 3.05) is 0 Å². The Morgan fingerprint density at radius 2 is 1.53 bits per heavy atom. The summed E-state index contributed by atoms with van der Waals surface area (Å²) < 4.78 is 1.24. The second kappa shape index (κ2) is 17.6. The fourth-order valence-corrected chi connectivity index (χ4v) is 7.11. The normalized spacial score (nSPS) is 12.5. The van der Waals surface area contributed by atoms with Crippen molar-refractivity contribution in [1.82, 2.24) is 9.97 Å². The van der Waals surface area contributed by atoms with E-state index in [9.17, 15) is 9.90 Å². The quantitative estimate of drug-likeness (QED) is 0.0815. The van der Waals surface area contributed by atoms with Crippen molar-refractivity contribution in [2.24, 2.45) is 16.7 Å². The van der Waals surface area contributed by atoms with Gasteiger partial charge >= 0.3 is 0 Å². The minimum absolute atomic E-state index is 0. The number of hydrogen-bond donors (Lipinski definition) is 1. The van der Waals surface area contributed by atoms with Crippen LogP contribution in [0.5, 0.6) is 0 Å². The summed E-state index contributed by atoms with van der Waals surface area (Å²) in [4.78, 5) is 21.7. The standard InChI is InChI=1S/C30H29N2S.C15H28O2.Ir/c1-19(2)12-24-18-33-28-16-23(17-32-29(24)28)20-10-11-31-27(15-20)22-13-21-8-6-7-9-25(21)26(14-22)30(3,4)5;1-7-14(5,8-2)12(16)11-13(17)15(6,9-3)10-4;/h6-11,14-19H,12H2,1-5H3;11,16H,7-10H2,1-6H3;/q-1;;/b;12-11-;. The van der Waals surface area contributed by atoms with E-state index in [1.165, 1.54) is 27.3 Å². The molecule has 0 spiro atoms. The number of carbonyl (C=O) groups is 1. The van der Waals surface area contributed by atoms with Crippen LogP contribution in [0, 0.1) is 22.8 Å². The van der Waals surface area contributed by atoms with Crippen molar-refractivity contribution in [3.8, 4) is 22.4 Å². The van der Waals surface area contributed by atoms with Gasteiger partial charge < -0.3 is 5.11 Å². The Morgan fingerprint density at radius 3 is 2.14 bits per heavy atom. The van der Waals surface area contributed by atoms with Crippen molar-refractivity contribution in [3.63, 3.8) is 0 Å². The summed E-state index contributed by atoms with van der Waals surface area (Å²) in [6.07, 6.45) is 9.72. The largest absolute Gasteiger partial charge is 0.512 e. The first-order valence-corrected chi connectivity index (χ1v) is 19.2. The van der Waals surface area contributed by atoms with Crippen LogP contribution in [-0.4, -0.2) is 20.9 Å². The molecule has 0 unspecified atom stereocenters. The zero-order valence-electron chi connectivity index (χ0n) is 32.5. The number of aliphatic hydroxyl groups is 1. The molecule has 0 aliphatic carbocycles. The number of nitrogens with zero attached hydrogens (tertiary/aromatic N) is 2. The van der Waals surface area contributed by atoms with Gasteiger partial charge in [-0.25, -0.2) is 0 Å². The van der Waals surface area contributed by atoms with Crippen molar-refractivity contribution in [1.29, 1.82) is 0 Å². The van der Waals surface area contributed by atoms with Gasteiger partial charge in [-0.3, -0.25) is 14.8 Å². The van der Waals surface area contributed by atoms with Crippen molar-refractivity contribution < 1.29 is 30.0 Å². The molecule has 1 radical (unpaired) electrons. The number of pyridine rings is 2. The first kappa shape index (κ1) is 42.2. The van der Waals surface area contributed by atoms with Crippen LogP contribution in [0.25, 0.3) is 43.4 Å². The molecule has 0 atom stereocenters. The van der Waals surface area contributed by atoms with Crippen LogP contribution in [0.15, 0.2) is 78.1 Å². The molecule has 0 saturated carbocycles. The number of aliphatic hydroxyl groups excluding tert-OH is 1. The van der Waals surface area contributed by atoms with Crippen molar-refractivity contribution >= 4 is 38.1 Å². The molecule has 0 aliphatic heterocycles. The fourth-order valence-electron chi connectivity index (χ4n) is 6.14. The Bertz CT molecular complexity index is 1960. The van der Waals surface area contributed by atoms with Gasteiger partial charge in [-0.1, -0.05) is 111 Å². The molecule has 0 saturated heterocycles. The number of ketones is 1. The smallest absolute Gasteiger partial charge is 0.164 e. The van der Waals surface area contributed by atoms with Gasteiger partial charge in [-0.2, -0.15) is 0 Å². The maximum Gasteiger partial charge on any atom is 0.164 e. The second-order valence-electron chi connectivity index (χ2n) is 15.7. The Labute approximate surface area is 324 Å². The van der Waals surface area contributed by atoms with Gasteiger partial charge in [-0.05, 0) is 72.1 Å². The third-order valence-corrected chi connectivity index (χ3v) is 11.6. The molecule has 2 aromatic carbocycles. The van der Waals surface area contributed by atoms with Crippen LogP contribution >= 0.6 is 11.3 Å². The average molecular weight is 882 g/mol. The first-order valence-electron chi connectivity index (χ1n) is 18.3. The number of benzene rings is 2. The minimum Gasteiger partial charge on any atom is -0.512 e. The Hall–Kier alpha value is -3.18. The fraction of sp³-hybridized carbons (Fsp3) is 0.444. The van der Waals surface area contributed by atoms with E-state index in [0.29, 0.717) is 5.92 Å². The summed E-state index contributed by atoms with van der Waals surface area (Å²) in [6, 6.07) is 20.9. The van der Waals surface area contributed by atoms with Crippen LogP contribution in [0.2, 0.25) is 0 Å². The number of rotatable bonds is 11. The van der Waals surface area contributed by atoms with E-state index < -0.39 is 0 Å². The van der Waals surface area contributed by atoms with Crippen molar-refractivity contribution in [2.45, 2.75) is 114 Å². The third-order valence-electron chi connectivity index (χ3n) is 10.7. The molecule has 0 amide bonds. The first-order chi connectivity index (χ1) is 23.6. The molecule has 6 heteroatoms. The zero-order valence-corrected chi connectivity index (χ0v) is 35.7. The summed E-state index contributed by atoms with van der Waals surface area (Å²) in [7, 11) is 0. The van der Waals surface area contributed by atoms with Gasteiger partial charge in [0.05, 0.1) is 10.2 Å². The molecule has 4 nitrogen and oxygen atoms in total. The Balaban J connectivity index is 0.000000335. The predicted octanol–water partition coefficient (Wildman–Crippen LogP) is 13.1. The van der Waals surface area contributed by atoms with Crippen LogP contribution in [0.4, 0.5) is 0 Å². The molecule has 1 N–H and O–H groups in total. The summed E-state index contributed by atoms with van der Waals surface area (Å²) in [5.41, 5.74) is 7.47. The molecular weight excluding hydrogens is 825 g/mol. The molecule has 275 valence electrons. The summed E-state index contributed by atoms with van der Waals surface area (Å²) in [5.74, 6) is 0.914. The number of aromatic nitrogens is 2. The molecule has 51 heavy (non-hydrogen) atoms. The van der Waals surface area contributed by atoms with E-state index in [4.69, 9.17) is 9.97 Å². The van der Waals surface area contributed by atoms with E-state index in [2.05, 4.69) is 94.6 Å². The van der Waals surface area contributed by atoms with Crippen LogP contribution < -0.4 is 0 Å². The molecule has 5 rings (SSSR count). The number of carbonyl (C=O) groups excluding carboxylic acids is 1. The van der Waals surface area contributed by atoms with Gasteiger partial charge in [0.25, 0.3) is 0 Å². The molecule has 0 bridgehead atoms. The summed E-state index contributed by atoms with van der Waals surface area (Å²) in [5, 5.41) is 14.8. The topological polar surface area (TPSA) is 63.1 Å². The van der Waals surface area contributed by atoms with Crippen molar-refractivity contribution in [3.05, 3.63) is 95.3 Å². The molecular formula is C45H57IrN2O2S-. The van der Waals surface area contributed by atoms with E-state index in [0.717, 1.165) is 65.4 Å². The van der Waals surface area contributed by atoms with E-state index >= 15 is 0 Å². The van der Waals surface area contributed by atoms with E-state index in [-0.39, 0.29) is 47.9 Å². The predicted molar refractivity (Wildman–Crippen MR) is 215 cm³/mol. The van der Waals surface area contributed by atoms with Gasteiger partial charge in [0.2, 0.25) is 0 Å². The third kappa shape index (κ3) is 9.83. The summed E-state index contributed by atoms with van der Waals surface area (Å²) >= 11 is 1.79. The maximum atomic E-state index is 12.2. The maximum absolute atomic E-state index is 12.2. The van der Waals surface area contributed by atoms with Gasteiger partial charge in [0.1, 0.15) is 5.76 Å². The van der Waals surface area contributed by atoms with Gasteiger partial charge in [0, 0.05) is 60.7 Å². The molecule has 0 fully saturated rings.